The summed E-state index contributed by atoms with van der Waals surface area (Å²) in [7, 11) is -3.70. The maximum absolute atomic E-state index is 11.8. The van der Waals surface area contributed by atoms with Gasteiger partial charge in [0.15, 0.2) is 0 Å². The zero-order valence-corrected chi connectivity index (χ0v) is 11.5. The van der Waals surface area contributed by atoms with Crippen molar-refractivity contribution in [2.45, 2.75) is 18.2 Å². The Balaban J connectivity index is 2.63. The largest absolute Gasteiger partial charge is 0.355 e. The van der Waals surface area contributed by atoms with Crippen LogP contribution in [0.5, 0.6) is 0 Å². The van der Waals surface area contributed by atoms with Gasteiger partial charge in [0.25, 0.3) is 0 Å². The molecule has 0 fully saturated rings. The minimum Gasteiger partial charge on any atom is -0.355 e. The molecule has 1 rings (SSSR count). The van der Waals surface area contributed by atoms with Gasteiger partial charge in [-0.2, -0.15) is 0 Å². The molecule has 2 N–H and O–H groups in total. The van der Waals surface area contributed by atoms with Crippen LogP contribution in [0, 0.1) is 0 Å². The molecule has 0 bridgehead atoms. The van der Waals surface area contributed by atoms with Gasteiger partial charge in [0.1, 0.15) is 0 Å². The number of hydrogen-bond acceptors (Lipinski definition) is 3. The average molecular weight is 291 g/mol. The van der Waals surface area contributed by atoms with Gasteiger partial charge in [-0.3, -0.25) is 4.79 Å². The van der Waals surface area contributed by atoms with E-state index in [1.807, 2.05) is 6.92 Å². The monoisotopic (exact) mass is 290 g/mol. The third-order valence-corrected chi connectivity index (χ3v) is 3.74. The van der Waals surface area contributed by atoms with E-state index in [0.29, 0.717) is 11.6 Å². The summed E-state index contributed by atoms with van der Waals surface area (Å²) < 4.78 is 25.8. The van der Waals surface area contributed by atoms with Crippen LogP contribution in [0.25, 0.3) is 0 Å². The zero-order chi connectivity index (χ0) is 13.6. The quantitative estimate of drug-likeness (QED) is 0.825. The molecule has 0 saturated carbocycles. The van der Waals surface area contributed by atoms with Gasteiger partial charge in [-0.15, -0.1) is 0 Å². The van der Waals surface area contributed by atoms with Crippen LogP contribution in [-0.4, -0.2) is 27.4 Å². The molecule has 1 aromatic carbocycles. The Bertz CT molecular complexity index is 517. The summed E-state index contributed by atoms with van der Waals surface area (Å²) in [5.41, 5.74) is 0. The molecule has 0 heterocycles. The van der Waals surface area contributed by atoms with E-state index >= 15 is 0 Å². The van der Waals surface area contributed by atoms with E-state index in [2.05, 4.69) is 10.0 Å². The highest BCUT2D eigenvalue weighted by Gasteiger charge is 2.15. The summed E-state index contributed by atoms with van der Waals surface area (Å²) in [4.78, 5) is 11.3. The van der Waals surface area contributed by atoms with Crippen molar-refractivity contribution in [1.82, 2.24) is 10.0 Å². The fraction of sp³-hybridized carbons (Fsp3) is 0.364. The van der Waals surface area contributed by atoms with Crippen LogP contribution >= 0.6 is 11.6 Å². The third-order valence-electron chi connectivity index (χ3n) is 2.10. The van der Waals surface area contributed by atoms with E-state index < -0.39 is 10.0 Å². The van der Waals surface area contributed by atoms with Crippen LogP contribution in [0.1, 0.15) is 13.3 Å². The van der Waals surface area contributed by atoms with Gasteiger partial charge in [0, 0.05) is 11.6 Å². The lowest BCUT2D eigenvalue weighted by atomic mass is 10.4. The Morgan fingerprint density at radius 3 is 2.72 bits per heavy atom. The molecule has 0 aliphatic rings. The first-order valence-electron chi connectivity index (χ1n) is 5.47. The molecular formula is C11H15ClN2O3S. The van der Waals surface area contributed by atoms with Gasteiger partial charge in [-0.1, -0.05) is 24.6 Å². The smallest absolute Gasteiger partial charge is 0.241 e. The Labute approximate surface area is 112 Å². The number of carbonyl (C=O) groups excluding carboxylic acids is 1. The van der Waals surface area contributed by atoms with Crippen LogP contribution in [0.3, 0.4) is 0 Å². The molecule has 0 aliphatic heterocycles. The second-order valence-electron chi connectivity index (χ2n) is 3.63. The van der Waals surface area contributed by atoms with Gasteiger partial charge >= 0.3 is 0 Å². The third kappa shape index (κ3) is 4.64. The van der Waals surface area contributed by atoms with Crippen molar-refractivity contribution in [1.29, 1.82) is 0 Å². The van der Waals surface area contributed by atoms with Gasteiger partial charge in [0.2, 0.25) is 15.9 Å². The van der Waals surface area contributed by atoms with E-state index in [0.717, 1.165) is 6.42 Å². The lowest BCUT2D eigenvalue weighted by Crippen LogP contribution is -2.37. The summed E-state index contributed by atoms with van der Waals surface area (Å²) in [6.07, 6.45) is 0.798. The van der Waals surface area contributed by atoms with E-state index in [9.17, 15) is 13.2 Å². The topological polar surface area (TPSA) is 75.3 Å². The van der Waals surface area contributed by atoms with Gasteiger partial charge < -0.3 is 5.32 Å². The number of carbonyl (C=O) groups is 1. The number of sulfonamides is 1. The van der Waals surface area contributed by atoms with Crippen molar-refractivity contribution in [3.63, 3.8) is 0 Å². The molecule has 18 heavy (non-hydrogen) atoms. The summed E-state index contributed by atoms with van der Waals surface area (Å²) in [5.74, 6) is -0.359. The van der Waals surface area contributed by atoms with Crippen LogP contribution in [0.2, 0.25) is 5.02 Å². The molecule has 0 spiro atoms. The van der Waals surface area contributed by atoms with Gasteiger partial charge in [0.05, 0.1) is 11.4 Å². The SMILES string of the molecule is CCCNC(=O)CNS(=O)(=O)c1cccc(Cl)c1. The molecule has 0 aliphatic carbocycles. The van der Waals surface area contributed by atoms with E-state index in [4.69, 9.17) is 11.6 Å². The second-order valence-corrected chi connectivity index (χ2v) is 5.84. The van der Waals surface area contributed by atoms with Crippen LogP contribution in [0.15, 0.2) is 29.2 Å². The van der Waals surface area contributed by atoms with Crippen molar-refractivity contribution in [3.05, 3.63) is 29.3 Å². The molecule has 0 aromatic heterocycles. The van der Waals surface area contributed by atoms with Crippen LogP contribution < -0.4 is 10.0 Å². The Kier molecular flexibility index (Phi) is 5.58. The van der Waals surface area contributed by atoms with Crippen molar-refractivity contribution in [2.75, 3.05) is 13.1 Å². The lowest BCUT2D eigenvalue weighted by Gasteiger charge is -2.07. The van der Waals surface area contributed by atoms with E-state index in [1.165, 1.54) is 18.2 Å². The first-order chi connectivity index (χ1) is 8.45. The number of rotatable bonds is 6. The molecule has 5 nitrogen and oxygen atoms in total. The Morgan fingerprint density at radius 2 is 2.11 bits per heavy atom. The van der Waals surface area contributed by atoms with E-state index in [1.54, 1.807) is 6.07 Å². The molecule has 1 amide bonds. The Morgan fingerprint density at radius 1 is 1.39 bits per heavy atom. The predicted octanol–water partition coefficient (Wildman–Crippen LogP) is 1.14. The van der Waals surface area contributed by atoms with Crippen molar-refractivity contribution in [3.8, 4) is 0 Å². The maximum atomic E-state index is 11.8. The maximum Gasteiger partial charge on any atom is 0.241 e. The minimum atomic E-state index is -3.70. The highest BCUT2D eigenvalue weighted by molar-refractivity contribution is 7.89. The van der Waals surface area contributed by atoms with Crippen LogP contribution in [0.4, 0.5) is 0 Å². The van der Waals surface area contributed by atoms with Crippen LogP contribution in [-0.2, 0) is 14.8 Å². The molecule has 0 radical (unpaired) electrons. The van der Waals surface area contributed by atoms with Crippen molar-refractivity contribution in [2.24, 2.45) is 0 Å². The van der Waals surface area contributed by atoms with E-state index in [-0.39, 0.29) is 17.3 Å². The number of halogens is 1. The standard InChI is InChI=1S/C11H15ClN2O3S/c1-2-6-13-11(15)8-14-18(16,17)10-5-3-4-9(12)7-10/h3-5,7,14H,2,6,8H2,1H3,(H,13,15). The summed E-state index contributed by atoms with van der Waals surface area (Å²) in [5, 5.41) is 2.90. The van der Waals surface area contributed by atoms with Gasteiger partial charge in [-0.05, 0) is 24.6 Å². The predicted molar refractivity (Wildman–Crippen MR) is 69.9 cm³/mol. The summed E-state index contributed by atoms with van der Waals surface area (Å²) >= 11 is 5.71. The molecule has 1 aromatic rings. The van der Waals surface area contributed by atoms with Gasteiger partial charge in [-0.25, -0.2) is 13.1 Å². The normalized spacial score (nSPS) is 11.2. The number of benzene rings is 1. The molecule has 100 valence electrons. The van der Waals surface area contributed by atoms with Crippen molar-refractivity contribution < 1.29 is 13.2 Å². The fourth-order valence-corrected chi connectivity index (χ4v) is 2.49. The fourth-order valence-electron chi connectivity index (χ4n) is 1.20. The average Bonchev–Trinajstić information content (AvgIpc) is 2.34. The molecule has 7 heteroatoms. The second kappa shape index (κ2) is 6.72. The summed E-state index contributed by atoms with van der Waals surface area (Å²) in [6, 6.07) is 5.86. The highest BCUT2D eigenvalue weighted by Crippen LogP contribution is 2.14. The van der Waals surface area contributed by atoms with Crippen molar-refractivity contribution >= 4 is 27.5 Å². The highest BCUT2D eigenvalue weighted by atomic mass is 35.5. The molecule has 0 saturated heterocycles. The molecule has 0 unspecified atom stereocenters. The minimum absolute atomic E-state index is 0.0401. The lowest BCUT2D eigenvalue weighted by molar-refractivity contribution is -0.119. The number of amides is 1. The number of hydrogen-bond donors (Lipinski definition) is 2. The summed E-state index contributed by atoms with van der Waals surface area (Å²) in [6.45, 7) is 2.16. The Hall–Kier alpha value is -1.11. The zero-order valence-electron chi connectivity index (χ0n) is 9.94. The molecular weight excluding hydrogens is 276 g/mol. The number of nitrogens with one attached hydrogen (secondary N) is 2. The first kappa shape index (κ1) is 14.9. The molecule has 0 atom stereocenters. The first-order valence-corrected chi connectivity index (χ1v) is 7.33.